The maximum atomic E-state index is 10.8. The number of hydrogen-bond donors (Lipinski definition) is 2. The van der Waals surface area contributed by atoms with Crippen molar-refractivity contribution in [2.24, 2.45) is 11.7 Å². The Morgan fingerprint density at radius 3 is 2.71 bits per heavy atom. The van der Waals surface area contributed by atoms with Crippen LogP contribution in [0.4, 0.5) is 0 Å². The quantitative estimate of drug-likeness (QED) is 0.661. The number of nitrogens with two attached hydrogens (primary N) is 1. The van der Waals surface area contributed by atoms with Crippen molar-refractivity contribution in [1.82, 2.24) is 10.2 Å². The Morgan fingerprint density at radius 1 is 1.57 bits per heavy atom. The normalized spacial score (nSPS) is 33.3. The van der Waals surface area contributed by atoms with Gasteiger partial charge >= 0.3 is 0 Å². The summed E-state index contributed by atoms with van der Waals surface area (Å²) in [6, 6.07) is 1.02. The third-order valence-electron chi connectivity index (χ3n) is 3.20. The molecular weight excluding hydrogens is 178 g/mol. The zero-order chi connectivity index (χ0) is 10.7. The van der Waals surface area contributed by atoms with Gasteiger partial charge in [0.05, 0.1) is 6.54 Å². The van der Waals surface area contributed by atoms with Gasteiger partial charge in [-0.3, -0.25) is 9.69 Å². The molecule has 1 rings (SSSR count). The molecular formula is C10H21N3O. The van der Waals surface area contributed by atoms with Gasteiger partial charge in [-0.1, -0.05) is 6.92 Å². The van der Waals surface area contributed by atoms with E-state index in [1.807, 2.05) is 11.9 Å². The fraction of sp³-hybridized carbons (Fsp3) is 0.900. The van der Waals surface area contributed by atoms with Crippen molar-refractivity contribution in [3.05, 3.63) is 0 Å². The Morgan fingerprint density at radius 2 is 2.21 bits per heavy atom. The molecule has 0 radical (unpaired) electrons. The number of nitrogens with zero attached hydrogens (tertiary/aromatic N) is 1. The lowest BCUT2D eigenvalue weighted by atomic mass is 9.90. The lowest BCUT2D eigenvalue weighted by Gasteiger charge is -2.37. The van der Waals surface area contributed by atoms with Crippen LogP contribution in [0, 0.1) is 5.92 Å². The van der Waals surface area contributed by atoms with Gasteiger partial charge in [0.25, 0.3) is 0 Å². The summed E-state index contributed by atoms with van der Waals surface area (Å²) in [6.07, 6.45) is 1.14. The van der Waals surface area contributed by atoms with Crippen molar-refractivity contribution < 1.29 is 4.79 Å². The summed E-state index contributed by atoms with van der Waals surface area (Å²) in [5.74, 6) is 0.405. The molecule has 1 amide bonds. The molecule has 1 aliphatic heterocycles. The second kappa shape index (κ2) is 4.75. The molecule has 3 N–H and O–H groups in total. The van der Waals surface area contributed by atoms with Gasteiger partial charge in [0.1, 0.15) is 0 Å². The lowest BCUT2D eigenvalue weighted by molar-refractivity contribution is -0.119. The summed E-state index contributed by atoms with van der Waals surface area (Å²) in [7, 11) is 1.96. The van der Waals surface area contributed by atoms with E-state index in [9.17, 15) is 4.79 Å². The Balaban J connectivity index is 2.41. The summed E-state index contributed by atoms with van der Waals surface area (Å²) in [6.45, 7) is 5.75. The smallest absolute Gasteiger partial charge is 0.231 e. The predicted molar refractivity (Wildman–Crippen MR) is 56.9 cm³/mol. The zero-order valence-electron chi connectivity index (χ0n) is 9.29. The fourth-order valence-corrected chi connectivity index (χ4v) is 1.95. The molecule has 0 aromatic heterocycles. The minimum Gasteiger partial charge on any atom is -0.369 e. The molecule has 1 fully saturated rings. The van der Waals surface area contributed by atoms with E-state index in [0.29, 0.717) is 24.5 Å². The van der Waals surface area contributed by atoms with E-state index in [1.54, 1.807) is 0 Å². The molecule has 3 unspecified atom stereocenters. The van der Waals surface area contributed by atoms with E-state index in [1.165, 1.54) is 0 Å². The second-order valence-electron chi connectivity index (χ2n) is 4.45. The van der Waals surface area contributed by atoms with Crippen LogP contribution in [0.25, 0.3) is 0 Å². The number of hydrogen-bond acceptors (Lipinski definition) is 3. The first-order valence-electron chi connectivity index (χ1n) is 5.22. The van der Waals surface area contributed by atoms with E-state index in [0.717, 1.165) is 13.0 Å². The van der Waals surface area contributed by atoms with Crippen molar-refractivity contribution >= 4 is 5.91 Å². The molecule has 0 bridgehead atoms. The number of amides is 1. The van der Waals surface area contributed by atoms with Gasteiger partial charge in [-0.05, 0) is 26.3 Å². The molecule has 1 heterocycles. The zero-order valence-corrected chi connectivity index (χ0v) is 9.29. The molecule has 1 aliphatic rings. The number of rotatable bonds is 3. The molecule has 3 atom stereocenters. The van der Waals surface area contributed by atoms with Gasteiger partial charge in [-0.2, -0.15) is 0 Å². The molecule has 0 aromatic rings. The second-order valence-corrected chi connectivity index (χ2v) is 4.45. The van der Waals surface area contributed by atoms with Gasteiger partial charge in [-0.15, -0.1) is 0 Å². The average molecular weight is 199 g/mol. The Bertz CT molecular complexity index is 208. The van der Waals surface area contributed by atoms with Crippen LogP contribution in [0.1, 0.15) is 20.3 Å². The van der Waals surface area contributed by atoms with E-state index in [4.69, 9.17) is 5.73 Å². The highest BCUT2D eigenvalue weighted by atomic mass is 16.1. The van der Waals surface area contributed by atoms with Crippen LogP contribution < -0.4 is 11.1 Å². The first-order valence-corrected chi connectivity index (χ1v) is 5.22. The molecule has 0 saturated carbocycles. The van der Waals surface area contributed by atoms with Crippen LogP contribution in [0.3, 0.4) is 0 Å². The first-order chi connectivity index (χ1) is 6.50. The minimum absolute atomic E-state index is 0.251. The summed E-state index contributed by atoms with van der Waals surface area (Å²) in [5.41, 5.74) is 5.16. The summed E-state index contributed by atoms with van der Waals surface area (Å²) in [5, 5.41) is 3.44. The lowest BCUT2D eigenvalue weighted by Crippen LogP contribution is -2.52. The summed E-state index contributed by atoms with van der Waals surface area (Å²) in [4.78, 5) is 12.8. The van der Waals surface area contributed by atoms with Crippen molar-refractivity contribution in [2.75, 3.05) is 20.1 Å². The Hall–Kier alpha value is -0.610. The molecule has 14 heavy (non-hydrogen) atoms. The van der Waals surface area contributed by atoms with Crippen LogP contribution in [0.2, 0.25) is 0 Å². The summed E-state index contributed by atoms with van der Waals surface area (Å²) >= 11 is 0. The van der Waals surface area contributed by atoms with E-state index < -0.39 is 0 Å². The number of likely N-dealkylation sites (N-methyl/N-ethyl adjacent to an activating group) is 1. The van der Waals surface area contributed by atoms with Crippen LogP contribution in [-0.4, -0.2) is 43.0 Å². The van der Waals surface area contributed by atoms with Crippen molar-refractivity contribution in [1.29, 1.82) is 0 Å². The highest BCUT2D eigenvalue weighted by molar-refractivity contribution is 5.75. The third-order valence-corrected chi connectivity index (χ3v) is 3.20. The molecule has 4 heteroatoms. The van der Waals surface area contributed by atoms with Crippen LogP contribution in [-0.2, 0) is 4.79 Å². The van der Waals surface area contributed by atoms with E-state index >= 15 is 0 Å². The highest BCUT2D eigenvalue weighted by Gasteiger charge is 2.26. The van der Waals surface area contributed by atoms with Gasteiger partial charge in [0, 0.05) is 18.6 Å². The highest BCUT2D eigenvalue weighted by Crippen LogP contribution is 2.18. The SMILES string of the molecule is CC1CC(N(C)CC(N)=O)CNC1C. The van der Waals surface area contributed by atoms with Crippen molar-refractivity contribution in [3.8, 4) is 0 Å². The minimum atomic E-state index is -0.251. The molecule has 1 saturated heterocycles. The largest absolute Gasteiger partial charge is 0.369 e. The standard InChI is InChI=1S/C10H21N3O/c1-7-4-9(5-12-8(7)2)13(3)6-10(11)14/h7-9,12H,4-6H2,1-3H3,(H2,11,14). The monoisotopic (exact) mass is 199 g/mol. The van der Waals surface area contributed by atoms with Crippen molar-refractivity contribution in [3.63, 3.8) is 0 Å². The third kappa shape index (κ3) is 2.96. The first kappa shape index (κ1) is 11.5. The van der Waals surface area contributed by atoms with Gasteiger partial charge in [0.2, 0.25) is 5.91 Å². The van der Waals surface area contributed by atoms with E-state index in [-0.39, 0.29) is 5.91 Å². The molecule has 0 aromatic carbocycles. The fourth-order valence-electron chi connectivity index (χ4n) is 1.95. The maximum Gasteiger partial charge on any atom is 0.231 e. The predicted octanol–water partition coefficient (Wildman–Crippen LogP) is -0.210. The maximum absolute atomic E-state index is 10.8. The molecule has 82 valence electrons. The number of nitrogens with one attached hydrogen (secondary N) is 1. The topological polar surface area (TPSA) is 58.4 Å². The summed E-state index contributed by atoms with van der Waals surface area (Å²) < 4.78 is 0. The number of piperidine rings is 1. The number of carbonyl (C=O) groups excluding carboxylic acids is 1. The number of carbonyl (C=O) groups is 1. The van der Waals surface area contributed by atoms with Crippen LogP contribution in [0.5, 0.6) is 0 Å². The van der Waals surface area contributed by atoms with E-state index in [2.05, 4.69) is 19.2 Å². The van der Waals surface area contributed by atoms with Gasteiger partial charge < -0.3 is 11.1 Å². The molecule has 4 nitrogen and oxygen atoms in total. The van der Waals surface area contributed by atoms with Crippen LogP contribution in [0.15, 0.2) is 0 Å². The van der Waals surface area contributed by atoms with Crippen molar-refractivity contribution in [2.45, 2.75) is 32.4 Å². The Kier molecular flexibility index (Phi) is 3.89. The molecule has 0 spiro atoms. The van der Waals surface area contributed by atoms with Gasteiger partial charge in [0.15, 0.2) is 0 Å². The Labute approximate surface area is 85.8 Å². The average Bonchev–Trinajstić information content (AvgIpc) is 2.08. The van der Waals surface area contributed by atoms with Gasteiger partial charge in [-0.25, -0.2) is 0 Å². The van der Waals surface area contributed by atoms with Crippen LogP contribution >= 0.6 is 0 Å². The molecule has 0 aliphatic carbocycles. The number of primary amides is 1.